The maximum Gasteiger partial charge on any atom is -0.0291 e. The molecular formula is C14H26. The van der Waals surface area contributed by atoms with Crippen molar-refractivity contribution in [3.63, 3.8) is 0 Å². The van der Waals surface area contributed by atoms with Crippen molar-refractivity contribution in [1.29, 1.82) is 0 Å². The van der Waals surface area contributed by atoms with Gasteiger partial charge in [-0.15, -0.1) is 6.58 Å². The number of hydrogen-bond acceptors (Lipinski definition) is 0. The average Bonchev–Trinajstić information content (AvgIpc) is 2.02. The van der Waals surface area contributed by atoms with Gasteiger partial charge in [0.15, 0.2) is 0 Å². The highest BCUT2D eigenvalue weighted by Crippen LogP contribution is 2.13. The van der Waals surface area contributed by atoms with Crippen molar-refractivity contribution in [2.75, 3.05) is 0 Å². The van der Waals surface area contributed by atoms with Gasteiger partial charge < -0.3 is 0 Å². The van der Waals surface area contributed by atoms with Crippen molar-refractivity contribution in [2.45, 2.75) is 59.8 Å². The van der Waals surface area contributed by atoms with Crippen LogP contribution in [0.3, 0.4) is 0 Å². The summed E-state index contributed by atoms with van der Waals surface area (Å²) in [7, 11) is 0. The Kier molecular flexibility index (Phi) is 7.55. The molecular weight excluding hydrogens is 168 g/mol. The fourth-order valence-electron chi connectivity index (χ4n) is 1.46. The highest BCUT2D eigenvalue weighted by atomic mass is 14.0. The normalized spacial score (nSPS) is 12.2. The van der Waals surface area contributed by atoms with Crippen LogP contribution in [0.5, 0.6) is 0 Å². The molecule has 0 aromatic carbocycles. The molecule has 0 heterocycles. The van der Waals surface area contributed by atoms with Crippen LogP contribution in [0.25, 0.3) is 0 Å². The van der Waals surface area contributed by atoms with Gasteiger partial charge in [0.05, 0.1) is 0 Å². The molecule has 0 fully saturated rings. The van der Waals surface area contributed by atoms with E-state index in [0.29, 0.717) is 0 Å². The average molecular weight is 194 g/mol. The second kappa shape index (κ2) is 7.84. The van der Waals surface area contributed by atoms with E-state index in [1.165, 1.54) is 31.3 Å². The first-order valence-corrected chi connectivity index (χ1v) is 5.82. The standard InChI is InChI=1S/C14H26/c1-12(2)8-6-10-14(5)11-7-9-13(3)4/h10,13H,1,6-9,11H2,2-5H3/b14-10-. The van der Waals surface area contributed by atoms with E-state index in [1.54, 1.807) is 5.57 Å². The summed E-state index contributed by atoms with van der Waals surface area (Å²) >= 11 is 0. The maximum absolute atomic E-state index is 3.91. The molecule has 14 heavy (non-hydrogen) atoms. The Bertz CT molecular complexity index is 184. The fraction of sp³-hybridized carbons (Fsp3) is 0.714. The Hall–Kier alpha value is -0.520. The molecule has 0 nitrogen and oxygen atoms in total. The van der Waals surface area contributed by atoms with Crippen LogP contribution in [0.1, 0.15) is 59.8 Å². The molecule has 0 aliphatic heterocycles. The molecule has 0 saturated heterocycles. The van der Waals surface area contributed by atoms with Crippen molar-refractivity contribution < 1.29 is 0 Å². The van der Waals surface area contributed by atoms with Crippen LogP contribution in [-0.4, -0.2) is 0 Å². The van der Waals surface area contributed by atoms with Crippen LogP contribution in [0.15, 0.2) is 23.8 Å². The molecule has 0 rings (SSSR count). The molecule has 0 aromatic heterocycles. The van der Waals surface area contributed by atoms with E-state index in [9.17, 15) is 0 Å². The lowest BCUT2D eigenvalue weighted by molar-refractivity contribution is 0.554. The summed E-state index contributed by atoms with van der Waals surface area (Å²) in [4.78, 5) is 0. The van der Waals surface area contributed by atoms with E-state index in [2.05, 4.69) is 40.3 Å². The van der Waals surface area contributed by atoms with Crippen LogP contribution in [-0.2, 0) is 0 Å². The summed E-state index contributed by atoms with van der Waals surface area (Å²) in [6.07, 6.45) is 8.65. The molecule has 0 aliphatic rings. The molecule has 0 heteroatoms. The van der Waals surface area contributed by atoms with Crippen molar-refractivity contribution in [3.8, 4) is 0 Å². The second-order valence-corrected chi connectivity index (χ2v) is 4.83. The third-order valence-corrected chi connectivity index (χ3v) is 2.42. The summed E-state index contributed by atoms with van der Waals surface area (Å²) in [6.45, 7) is 12.8. The SMILES string of the molecule is C=C(C)CC/C=C(/C)CCCC(C)C. The Morgan fingerprint density at radius 3 is 2.36 bits per heavy atom. The van der Waals surface area contributed by atoms with Crippen molar-refractivity contribution >= 4 is 0 Å². The fourth-order valence-corrected chi connectivity index (χ4v) is 1.46. The molecule has 0 amide bonds. The molecule has 0 atom stereocenters. The van der Waals surface area contributed by atoms with Gasteiger partial charge in [-0.2, -0.15) is 0 Å². The minimum absolute atomic E-state index is 0.846. The minimum Gasteiger partial charge on any atom is -0.100 e. The first kappa shape index (κ1) is 13.5. The number of hydrogen-bond donors (Lipinski definition) is 0. The number of allylic oxidation sites excluding steroid dienone is 3. The summed E-state index contributed by atoms with van der Waals surface area (Å²) < 4.78 is 0. The summed E-state index contributed by atoms with van der Waals surface area (Å²) in [5.74, 6) is 0.846. The van der Waals surface area contributed by atoms with E-state index in [0.717, 1.165) is 12.3 Å². The van der Waals surface area contributed by atoms with Gasteiger partial charge in [-0.05, 0) is 45.4 Å². The van der Waals surface area contributed by atoms with Gasteiger partial charge in [0.2, 0.25) is 0 Å². The van der Waals surface area contributed by atoms with Gasteiger partial charge in [-0.3, -0.25) is 0 Å². The van der Waals surface area contributed by atoms with E-state index in [1.807, 2.05) is 0 Å². The van der Waals surface area contributed by atoms with Gasteiger partial charge >= 0.3 is 0 Å². The lowest BCUT2D eigenvalue weighted by Crippen LogP contribution is -1.87. The first-order valence-electron chi connectivity index (χ1n) is 5.82. The lowest BCUT2D eigenvalue weighted by atomic mass is 10.0. The van der Waals surface area contributed by atoms with Gasteiger partial charge in [-0.25, -0.2) is 0 Å². The molecule has 0 aromatic rings. The van der Waals surface area contributed by atoms with Gasteiger partial charge in [-0.1, -0.05) is 37.5 Å². The molecule has 0 spiro atoms. The Morgan fingerprint density at radius 2 is 1.86 bits per heavy atom. The predicted octanol–water partition coefficient (Wildman–Crippen LogP) is 5.12. The zero-order chi connectivity index (χ0) is 11.0. The molecule has 0 radical (unpaired) electrons. The van der Waals surface area contributed by atoms with E-state index in [-0.39, 0.29) is 0 Å². The third-order valence-electron chi connectivity index (χ3n) is 2.42. The Balaban J connectivity index is 3.51. The smallest absolute Gasteiger partial charge is 0.0291 e. The van der Waals surface area contributed by atoms with E-state index < -0.39 is 0 Å². The van der Waals surface area contributed by atoms with E-state index >= 15 is 0 Å². The third kappa shape index (κ3) is 9.57. The van der Waals surface area contributed by atoms with Crippen molar-refractivity contribution in [3.05, 3.63) is 23.8 Å². The van der Waals surface area contributed by atoms with Crippen LogP contribution < -0.4 is 0 Å². The summed E-state index contributed by atoms with van der Waals surface area (Å²) in [5.41, 5.74) is 2.84. The second-order valence-electron chi connectivity index (χ2n) is 4.83. The maximum atomic E-state index is 3.91. The molecule has 82 valence electrons. The Labute approximate surface area is 90.1 Å². The first-order chi connectivity index (χ1) is 6.52. The summed E-state index contributed by atoms with van der Waals surface area (Å²) in [5, 5.41) is 0. The van der Waals surface area contributed by atoms with Crippen LogP contribution >= 0.6 is 0 Å². The lowest BCUT2D eigenvalue weighted by Gasteiger charge is -2.04. The molecule has 0 bridgehead atoms. The predicted molar refractivity (Wildman–Crippen MR) is 66.5 cm³/mol. The Morgan fingerprint density at radius 1 is 1.21 bits per heavy atom. The molecule has 0 aliphatic carbocycles. The van der Waals surface area contributed by atoms with Gasteiger partial charge in [0, 0.05) is 0 Å². The zero-order valence-electron chi connectivity index (χ0n) is 10.4. The molecule has 0 unspecified atom stereocenters. The molecule has 0 N–H and O–H groups in total. The topological polar surface area (TPSA) is 0 Å². The zero-order valence-corrected chi connectivity index (χ0v) is 10.4. The highest BCUT2D eigenvalue weighted by molar-refractivity contribution is 5.00. The quantitative estimate of drug-likeness (QED) is 0.494. The van der Waals surface area contributed by atoms with Gasteiger partial charge in [0.1, 0.15) is 0 Å². The monoisotopic (exact) mass is 194 g/mol. The highest BCUT2D eigenvalue weighted by Gasteiger charge is 1.95. The van der Waals surface area contributed by atoms with Crippen molar-refractivity contribution in [1.82, 2.24) is 0 Å². The van der Waals surface area contributed by atoms with Crippen LogP contribution in [0.4, 0.5) is 0 Å². The van der Waals surface area contributed by atoms with Crippen molar-refractivity contribution in [2.24, 2.45) is 5.92 Å². The van der Waals surface area contributed by atoms with E-state index in [4.69, 9.17) is 0 Å². The number of rotatable bonds is 7. The summed E-state index contributed by atoms with van der Waals surface area (Å²) in [6, 6.07) is 0. The minimum atomic E-state index is 0.846. The van der Waals surface area contributed by atoms with Gasteiger partial charge in [0.25, 0.3) is 0 Å². The largest absolute Gasteiger partial charge is 0.100 e. The molecule has 0 saturated carbocycles. The van der Waals surface area contributed by atoms with Crippen LogP contribution in [0, 0.1) is 5.92 Å². The van der Waals surface area contributed by atoms with Crippen LogP contribution in [0.2, 0.25) is 0 Å².